The molecular weight excluding hydrogens is 392 g/mol. The van der Waals surface area contributed by atoms with Crippen molar-refractivity contribution in [2.24, 2.45) is 5.92 Å². The zero-order valence-electron chi connectivity index (χ0n) is 15.4. The highest BCUT2D eigenvalue weighted by Gasteiger charge is 2.30. The van der Waals surface area contributed by atoms with Crippen LogP contribution in [-0.2, 0) is 16.1 Å². The van der Waals surface area contributed by atoms with E-state index in [0.29, 0.717) is 30.6 Å². The average molecular weight is 412 g/mol. The van der Waals surface area contributed by atoms with Crippen LogP contribution < -0.4 is 10.1 Å². The largest absolute Gasteiger partial charge is 0.468 e. The van der Waals surface area contributed by atoms with Crippen molar-refractivity contribution in [1.82, 2.24) is 10.3 Å². The van der Waals surface area contributed by atoms with Crippen LogP contribution in [0.3, 0.4) is 0 Å². The van der Waals surface area contributed by atoms with Gasteiger partial charge in [0, 0.05) is 31.3 Å². The second-order valence-electron chi connectivity index (χ2n) is 6.76. The number of benzene rings is 1. The molecule has 3 rings (SSSR count). The van der Waals surface area contributed by atoms with Crippen molar-refractivity contribution in [2.75, 3.05) is 13.2 Å². The van der Waals surface area contributed by atoms with Crippen LogP contribution in [0.2, 0.25) is 0 Å². The third-order valence-electron chi connectivity index (χ3n) is 4.52. The molecule has 1 fully saturated rings. The summed E-state index contributed by atoms with van der Waals surface area (Å²) in [5.74, 6) is -1.02. The molecule has 2 aromatic rings. The number of pyridine rings is 1. The zero-order valence-corrected chi connectivity index (χ0v) is 15.4. The van der Waals surface area contributed by atoms with E-state index >= 15 is 0 Å². The van der Waals surface area contributed by atoms with Gasteiger partial charge in [0.2, 0.25) is 11.8 Å². The molecule has 1 aliphatic heterocycles. The molecule has 1 amide bonds. The van der Waals surface area contributed by atoms with Crippen LogP contribution in [0.4, 0.5) is 17.6 Å². The second-order valence-corrected chi connectivity index (χ2v) is 6.76. The molecule has 1 saturated heterocycles. The first-order chi connectivity index (χ1) is 13.8. The number of nitrogens with zero attached hydrogens (tertiary/aromatic N) is 1. The Hall–Kier alpha value is -2.68. The first-order valence-corrected chi connectivity index (χ1v) is 9.09. The van der Waals surface area contributed by atoms with Crippen molar-refractivity contribution in [3.63, 3.8) is 0 Å². The highest BCUT2D eigenvalue weighted by molar-refractivity contribution is 5.78. The zero-order chi connectivity index (χ0) is 20.9. The van der Waals surface area contributed by atoms with Gasteiger partial charge in [0.05, 0.1) is 6.10 Å². The van der Waals surface area contributed by atoms with Crippen LogP contribution >= 0.6 is 0 Å². The van der Waals surface area contributed by atoms with Gasteiger partial charge < -0.3 is 14.8 Å². The van der Waals surface area contributed by atoms with Gasteiger partial charge in [0.1, 0.15) is 5.82 Å². The maximum absolute atomic E-state index is 13.4. The molecule has 1 aromatic heterocycles. The highest BCUT2D eigenvalue weighted by atomic mass is 19.4. The van der Waals surface area contributed by atoms with Gasteiger partial charge in [-0.15, -0.1) is 0 Å². The fourth-order valence-electron chi connectivity index (χ4n) is 3.10. The number of amides is 1. The molecule has 9 heteroatoms. The molecule has 0 spiro atoms. The highest BCUT2D eigenvalue weighted by Crippen LogP contribution is 2.32. The maximum atomic E-state index is 13.4. The van der Waals surface area contributed by atoms with Gasteiger partial charge in [0.25, 0.3) is 0 Å². The number of ether oxygens (including phenoxy) is 2. The molecule has 29 heavy (non-hydrogen) atoms. The standard InChI is InChI=1S/C20H20F4N2O3/c21-16-3-1-2-14(9-16)17-10-15(5-7-28-17)19(27)26-11-13-4-6-25-18(8-13)29-12-20(22,23)24/h1-4,6,8-9,15,17H,5,7,10-12H2,(H,26,27). The molecular formula is C20H20F4N2O3. The lowest BCUT2D eigenvalue weighted by atomic mass is 9.91. The third-order valence-corrected chi connectivity index (χ3v) is 4.52. The van der Waals surface area contributed by atoms with Gasteiger partial charge in [-0.05, 0) is 42.2 Å². The monoisotopic (exact) mass is 412 g/mol. The number of carbonyl (C=O) groups is 1. The minimum Gasteiger partial charge on any atom is -0.468 e. The van der Waals surface area contributed by atoms with Gasteiger partial charge in [-0.2, -0.15) is 13.2 Å². The van der Waals surface area contributed by atoms with Gasteiger partial charge in [-0.25, -0.2) is 9.37 Å². The van der Waals surface area contributed by atoms with E-state index in [4.69, 9.17) is 4.74 Å². The van der Waals surface area contributed by atoms with Crippen LogP contribution in [-0.4, -0.2) is 30.3 Å². The van der Waals surface area contributed by atoms with Crippen molar-refractivity contribution in [1.29, 1.82) is 0 Å². The Bertz CT molecular complexity index is 844. The summed E-state index contributed by atoms with van der Waals surface area (Å²) in [6, 6.07) is 9.03. The number of hydrogen-bond donors (Lipinski definition) is 1. The molecule has 1 N–H and O–H groups in total. The Labute approximate surface area is 165 Å². The molecule has 2 unspecified atom stereocenters. The van der Waals surface area contributed by atoms with E-state index in [1.165, 1.54) is 24.4 Å². The number of nitrogens with one attached hydrogen (secondary N) is 1. The van der Waals surface area contributed by atoms with Crippen molar-refractivity contribution < 1.29 is 31.8 Å². The lowest BCUT2D eigenvalue weighted by Crippen LogP contribution is -2.34. The summed E-state index contributed by atoms with van der Waals surface area (Å²) >= 11 is 0. The lowest BCUT2D eigenvalue weighted by molar-refractivity contribution is -0.154. The number of rotatable bonds is 6. The Kier molecular flexibility index (Phi) is 6.68. The van der Waals surface area contributed by atoms with Gasteiger partial charge in [0.15, 0.2) is 6.61 Å². The Morgan fingerprint density at radius 2 is 2.10 bits per heavy atom. The SMILES string of the molecule is O=C(NCc1ccnc(OCC(F)(F)F)c1)C1CCOC(c2cccc(F)c2)C1. The Morgan fingerprint density at radius 3 is 2.86 bits per heavy atom. The quantitative estimate of drug-likeness (QED) is 0.730. The Balaban J connectivity index is 1.54. The number of hydrogen-bond acceptors (Lipinski definition) is 4. The van der Waals surface area contributed by atoms with E-state index < -0.39 is 12.8 Å². The fraction of sp³-hybridized carbons (Fsp3) is 0.400. The summed E-state index contributed by atoms with van der Waals surface area (Å²) in [7, 11) is 0. The van der Waals surface area contributed by atoms with Crippen LogP contribution in [0, 0.1) is 11.7 Å². The van der Waals surface area contributed by atoms with Crippen LogP contribution in [0.15, 0.2) is 42.6 Å². The van der Waals surface area contributed by atoms with E-state index in [9.17, 15) is 22.4 Å². The molecule has 2 atom stereocenters. The molecule has 1 aromatic carbocycles. The van der Waals surface area contributed by atoms with Crippen molar-refractivity contribution in [2.45, 2.75) is 31.7 Å². The predicted molar refractivity (Wildman–Crippen MR) is 95.5 cm³/mol. The number of alkyl halides is 3. The van der Waals surface area contributed by atoms with Crippen LogP contribution in [0.1, 0.15) is 30.1 Å². The normalized spacial score (nSPS) is 19.6. The second kappa shape index (κ2) is 9.21. The molecule has 0 radical (unpaired) electrons. The topological polar surface area (TPSA) is 60.5 Å². The minimum atomic E-state index is -4.45. The van der Waals surface area contributed by atoms with Gasteiger partial charge >= 0.3 is 6.18 Å². The number of halogens is 4. The van der Waals surface area contributed by atoms with Crippen molar-refractivity contribution in [3.05, 3.63) is 59.5 Å². The first kappa shape index (κ1) is 21.0. The summed E-state index contributed by atoms with van der Waals surface area (Å²) in [6.45, 7) is -0.922. The third kappa shape index (κ3) is 6.42. The summed E-state index contributed by atoms with van der Waals surface area (Å²) in [4.78, 5) is 16.2. The summed E-state index contributed by atoms with van der Waals surface area (Å²) < 4.78 is 60.4. The van der Waals surface area contributed by atoms with E-state index in [2.05, 4.69) is 15.0 Å². The van der Waals surface area contributed by atoms with E-state index in [1.54, 1.807) is 18.2 Å². The summed E-state index contributed by atoms with van der Waals surface area (Å²) in [6.07, 6.45) is -2.53. The van der Waals surface area contributed by atoms with Crippen molar-refractivity contribution >= 4 is 5.91 Å². The molecule has 0 saturated carbocycles. The fourth-order valence-corrected chi connectivity index (χ4v) is 3.10. The molecule has 0 aliphatic carbocycles. The Morgan fingerprint density at radius 1 is 1.28 bits per heavy atom. The van der Waals surface area contributed by atoms with Crippen LogP contribution in [0.5, 0.6) is 5.88 Å². The van der Waals surface area contributed by atoms with Gasteiger partial charge in [-0.1, -0.05) is 12.1 Å². The lowest BCUT2D eigenvalue weighted by Gasteiger charge is -2.29. The maximum Gasteiger partial charge on any atom is 0.422 e. The van der Waals surface area contributed by atoms with E-state index in [0.717, 1.165) is 0 Å². The minimum absolute atomic E-state index is 0.131. The predicted octanol–water partition coefficient (Wildman–Crippen LogP) is 3.95. The number of carbonyl (C=O) groups excluding carboxylic acids is 1. The number of aromatic nitrogens is 1. The van der Waals surface area contributed by atoms with Crippen LogP contribution in [0.25, 0.3) is 0 Å². The van der Waals surface area contributed by atoms with E-state index in [1.807, 2.05) is 0 Å². The van der Waals surface area contributed by atoms with Crippen molar-refractivity contribution in [3.8, 4) is 5.88 Å². The molecule has 156 valence electrons. The molecule has 1 aliphatic rings. The smallest absolute Gasteiger partial charge is 0.422 e. The summed E-state index contributed by atoms with van der Waals surface area (Å²) in [5, 5.41) is 2.78. The van der Waals surface area contributed by atoms with E-state index in [-0.39, 0.29) is 36.2 Å². The summed E-state index contributed by atoms with van der Waals surface area (Å²) in [5.41, 5.74) is 1.25. The average Bonchev–Trinajstić information content (AvgIpc) is 2.70. The molecule has 2 heterocycles. The first-order valence-electron chi connectivity index (χ1n) is 9.09. The molecule has 5 nitrogen and oxygen atoms in total. The molecule has 0 bridgehead atoms. The van der Waals surface area contributed by atoms with Gasteiger partial charge in [-0.3, -0.25) is 4.79 Å².